The van der Waals surface area contributed by atoms with Gasteiger partial charge >= 0.3 is 0 Å². The predicted octanol–water partition coefficient (Wildman–Crippen LogP) is 4.58. The third-order valence-electron chi connectivity index (χ3n) is 6.70. The van der Waals surface area contributed by atoms with Crippen LogP contribution >= 0.6 is 0 Å². The van der Waals surface area contributed by atoms with Crippen LogP contribution in [-0.2, 0) is 22.6 Å². The van der Waals surface area contributed by atoms with Crippen molar-refractivity contribution in [3.05, 3.63) is 84.1 Å². The van der Waals surface area contributed by atoms with Crippen LogP contribution < -0.4 is 0 Å². The lowest BCUT2D eigenvalue weighted by Gasteiger charge is -2.36. The molecule has 0 saturated heterocycles. The molecule has 1 aliphatic carbocycles. The Morgan fingerprint density at radius 3 is 2.54 bits per heavy atom. The van der Waals surface area contributed by atoms with E-state index < -0.39 is 0 Å². The number of nitrogens with zero attached hydrogens (tertiary/aromatic N) is 3. The minimum absolute atomic E-state index is 0.00120. The highest BCUT2D eigenvalue weighted by Gasteiger charge is 2.29. The van der Waals surface area contributed by atoms with Gasteiger partial charge in [-0.15, -0.1) is 0 Å². The Hall–Kier alpha value is -3.32. The van der Waals surface area contributed by atoms with Crippen LogP contribution in [0.1, 0.15) is 53.9 Å². The van der Waals surface area contributed by atoms with Crippen molar-refractivity contribution < 1.29 is 18.7 Å². The van der Waals surface area contributed by atoms with Gasteiger partial charge in [-0.05, 0) is 42.7 Å². The summed E-state index contributed by atoms with van der Waals surface area (Å²) in [7, 11) is 1.59. The van der Waals surface area contributed by atoms with Gasteiger partial charge in [0.1, 0.15) is 6.54 Å². The highest BCUT2D eigenvalue weighted by molar-refractivity contribution is 5.94. The van der Waals surface area contributed by atoms with Gasteiger partial charge in [-0.1, -0.05) is 49.6 Å². The average Bonchev–Trinajstić information content (AvgIpc) is 3.58. The van der Waals surface area contributed by atoms with Gasteiger partial charge in [0.15, 0.2) is 5.76 Å². The molecule has 0 spiro atoms. The first-order valence-corrected chi connectivity index (χ1v) is 12.4. The minimum Gasteiger partial charge on any atom is -0.459 e. The normalized spacial score (nSPS) is 14.1. The fourth-order valence-corrected chi connectivity index (χ4v) is 4.78. The molecule has 2 aromatic heterocycles. The Kier molecular flexibility index (Phi) is 8.79. The zero-order valence-corrected chi connectivity index (χ0v) is 20.5. The maximum absolute atomic E-state index is 13.7. The highest BCUT2D eigenvalue weighted by Crippen LogP contribution is 2.25. The maximum atomic E-state index is 13.7. The lowest BCUT2D eigenvalue weighted by Crippen LogP contribution is -2.48. The molecule has 1 saturated carbocycles. The Labute approximate surface area is 207 Å². The van der Waals surface area contributed by atoms with Gasteiger partial charge in [-0.25, -0.2) is 0 Å². The van der Waals surface area contributed by atoms with Crippen LogP contribution in [0.3, 0.4) is 0 Å². The lowest BCUT2D eigenvalue weighted by molar-refractivity contribution is -0.136. The molecule has 186 valence electrons. The number of carbonyl (C=O) groups excluding carboxylic acids is 2. The van der Waals surface area contributed by atoms with Crippen LogP contribution in [-0.4, -0.2) is 59.0 Å². The number of furan rings is 1. The summed E-state index contributed by atoms with van der Waals surface area (Å²) in [5, 5.41) is 0. The number of amides is 2. The summed E-state index contributed by atoms with van der Waals surface area (Å²) in [5.41, 5.74) is 2.31. The standard InChI is InChI=1S/C28H35N3O4/c1-34-19-17-30(28(33)26-15-9-18-35-26)22-27(32)31(24-12-6-3-7-13-24)21-25-14-8-16-29(25)20-23-10-4-2-5-11-23/h2,4-5,8-11,14-16,18,24H,3,6-7,12-13,17,19-22H2,1H3. The SMILES string of the molecule is COCCN(CC(=O)N(Cc1cccn1Cc1ccccc1)C1CCCCC1)C(=O)c1ccco1. The van der Waals surface area contributed by atoms with E-state index in [1.807, 2.05) is 29.2 Å². The molecule has 4 rings (SSSR count). The minimum atomic E-state index is -0.295. The lowest BCUT2D eigenvalue weighted by atomic mass is 9.94. The third kappa shape index (κ3) is 6.63. The molecule has 0 N–H and O–H groups in total. The molecule has 1 aliphatic rings. The average molecular weight is 478 g/mol. The number of hydrogen-bond acceptors (Lipinski definition) is 4. The highest BCUT2D eigenvalue weighted by atomic mass is 16.5. The first kappa shape index (κ1) is 24.8. The van der Waals surface area contributed by atoms with Crippen LogP contribution in [0.4, 0.5) is 0 Å². The largest absolute Gasteiger partial charge is 0.459 e. The molecular weight excluding hydrogens is 442 g/mol. The Balaban J connectivity index is 1.53. The summed E-state index contributed by atoms with van der Waals surface area (Å²) in [6.07, 6.45) is 8.98. The number of rotatable bonds is 11. The molecule has 7 nitrogen and oxygen atoms in total. The van der Waals surface area contributed by atoms with Crippen LogP contribution in [0.25, 0.3) is 0 Å². The monoisotopic (exact) mass is 477 g/mol. The molecule has 7 heteroatoms. The van der Waals surface area contributed by atoms with Gasteiger partial charge in [0.25, 0.3) is 5.91 Å². The summed E-state index contributed by atoms with van der Waals surface area (Å²) < 4.78 is 12.7. The summed E-state index contributed by atoms with van der Waals surface area (Å²) in [4.78, 5) is 30.3. The fourth-order valence-electron chi connectivity index (χ4n) is 4.78. The van der Waals surface area contributed by atoms with Crippen LogP contribution in [0.2, 0.25) is 0 Å². The number of aromatic nitrogens is 1. The summed E-state index contributed by atoms with van der Waals surface area (Å²) in [6.45, 7) is 1.95. The molecule has 0 aliphatic heterocycles. The van der Waals surface area contributed by atoms with Crippen molar-refractivity contribution in [1.82, 2.24) is 14.4 Å². The van der Waals surface area contributed by atoms with Crippen molar-refractivity contribution in [1.29, 1.82) is 0 Å². The van der Waals surface area contributed by atoms with E-state index in [1.54, 1.807) is 19.2 Å². The number of benzene rings is 1. The molecular formula is C28H35N3O4. The van der Waals surface area contributed by atoms with Crippen molar-refractivity contribution >= 4 is 11.8 Å². The smallest absolute Gasteiger partial charge is 0.290 e. The molecule has 1 fully saturated rings. The quantitative estimate of drug-likeness (QED) is 0.405. The molecule has 2 heterocycles. The van der Waals surface area contributed by atoms with Crippen LogP contribution in [0.15, 0.2) is 71.5 Å². The van der Waals surface area contributed by atoms with E-state index in [9.17, 15) is 9.59 Å². The van der Waals surface area contributed by atoms with Crippen molar-refractivity contribution in [2.75, 3.05) is 26.8 Å². The van der Waals surface area contributed by atoms with E-state index in [0.717, 1.165) is 37.9 Å². The second kappa shape index (κ2) is 12.4. The Morgan fingerprint density at radius 1 is 1.03 bits per heavy atom. The van der Waals surface area contributed by atoms with E-state index >= 15 is 0 Å². The van der Waals surface area contributed by atoms with Gasteiger partial charge in [-0.2, -0.15) is 0 Å². The van der Waals surface area contributed by atoms with Gasteiger partial charge in [-0.3, -0.25) is 9.59 Å². The predicted molar refractivity (Wildman–Crippen MR) is 134 cm³/mol. The molecule has 0 radical (unpaired) electrons. The molecule has 0 bridgehead atoms. The van der Waals surface area contributed by atoms with Gasteiger partial charge < -0.3 is 23.5 Å². The van der Waals surface area contributed by atoms with Crippen molar-refractivity contribution in [2.24, 2.45) is 0 Å². The summed E-state index contributed by atoms with van der Waals surface area (Å²) in [6, 6.07) is 17.9. The van der Waals surface area contributed by atoms with Gasteiger partial charge in [0.2, 0.25) is 5.91 Å². The number of carbonyl (C=O) groups is 2. The van der Waals surface area contributed by atoms with Gasteiger partial charge in [0, 0.05) is 38.1 Å². The second-order valence-electron chi connectivity index (χ2n) is 9.12. The first-order valence-electron chi connectivity index (χ1n) is 12.4. The van der Waals surface area contributed by atoms with E-state index in [1.165, 1.54) is 23.1 Å². The molecule has 0 unspecified atom stereocenters. The first-order chi connectivity index (χ1) is 17.2. The topological polar surface area (TPSA) is 67.9 Å². The van der Waals surface area contributed by atoms with Crippen molar-refractivity contribution in [3.8, 4) is 0 Å². The van der Waals surface area contributed by atoms with Crippen LogP contribution in [0.5, 0.6) is 0 Å². The molecule has 0 atom stereocenters. The fraction of sp³-hybridized carbons (Fsp3) is 0.429. The Bertz CT molecular complexity index is 1060. The number of hydrogen-bond donors (Lipinski definition) is 0. The molecule has 3 aromatic rings. The summed E-state index contributed by atoms with van der Waals surface area (Å²) >= 11 is 0. The summed E-state index contributed by atoms with van der Waals surface area (Å²) in [5.74, 6) is -0.105. The van der Waals surface area contributed by atoms with Crippen molar-refractivity contribution in [3.63, 3.8) is 0 Å². The molecule has 2 amide bonds. The number of ether oxygens (including phenoxy) is 1. The van der Waals surface area contributed by atoms with E-state index in [4.69, 9.17) is 9.15 Å². The van der Waals surface area contributed by atoms with E-state index in [2.05, 4.69) is 29.0 Å². The zero-order valence-electron chi connectivity index (χ0n) is 20.5. The van der Waals surface area contributed by atoms with E-state index in [-0.39, 0.29) is 30.2 Å². The van der Waals surface area contributed by atoms with Crippen molar-refractivity contribution in [2.45, 2.75) is 51.2 Å². The second-order valence-corrected chi connectivity index (χ2v) is 9.12. The third-order valence-corrected chi connectivity index (χ3v) is 6.70. The molecule has 35 heavy (non-hydrogen) atoms. The Morgan fingerprint density at radius 2 is 1.83 bits per heavy atom. The zero-order chi connectivity index (χ0) is 24.5. The van der Waals surface area contributed by atoms with Crippen LogP contribution in [0, 0.1) is 0 Å². The van der Waals surface area contributed by atoms with Gasteiger partial charge in [0.05, 0.1) is 19.4 Å². The molecule has 1 aromatic carbocycles. The van der Waals surface area contributed by atoms with E-state index in [0.29, 0.717) is 19.7 Å². The maximum Gasteiger partial charge on any atom is 0.290 e. The number of methoxy groups -OCH3 is 1.